The van der Waals surface area contributed by atoms with Crippen LogP contribution in [0.15, 0.2) is 35.1 Å². The van der Waals surface area contributed by atoms with E-state index in [1.165, 1.54) is 10.8 Å². The number of benzene rings is 1. The number of hydrogen-bond donors (Lipinski definition) is 1. The summed E-state index contributed by atoms with van der Waals surface area (Å²) < 4.78 is 1.06. The van der Waals surface area contributed by atoms with Gasteiger partial charge >= 0.3 is 0 Å². The van der Waals surface area contributed by atoms with E-state index in [4.69, 9.17) is 0 Å². The third-order valence-electron chi connectivity index (χ3n) is 1.55. The maximum Gasteiger partial charge on any atom is 0.0899 e. The molecule has 1 aromatic carbocycles. The molecule has 0 atom stereocenters. The van der Waals surface area contributed by atoms with Gasteiger partial charge < -0.3 is 4.98 Å². The molecule has 0 radical (unpaired) electrons. The largest absolute Gasteiger partial charge is 0.355 e. The molecular formula is C8H6BrN. The Balaban J connectivity index is 2.93. The zero-order chi connectivity index (χ0) is 6.97. The lowest BCUT2D eigenvalue weighted by atomic mass is 10.2. The standard InChI is InChI=1S/C8H6BrN/c9-8-7-4-2-1-3-6(7)5-10-8/h1-5,10H. The fourth-order valence-corrected chi connectivity index (χ4v) is 1.52. The maximum absolute atomic E-state index is 3.41. The van der Waals surface area contributed by atoms with Gasteiger partial charge in [-0.15, -0.1) is 0 Å². The predicted octanol–water partition coefficient (Wildman–Crippen LogP) is 2.93. The van der Waals surface area contributed by atoms with Crippen LogP contribution in [0.2, 0.25) is 0 Å². The monoisotopic (exact) mass is 195 g/mol. The van der Waals surface area contributed by atoms with Crippen molar-refractivity contribution in [1.29, 1.82) is 0 Å². The van der Waals surface area contributed by atoms with Crippen LogP contribution in [-0.2, 0) is 0 Å². The molecule has 0 spiro atoms. The summed E-state index contributed by atoms with van der Waals surface area (Å²) in [5, 5.41) is 2.48. The Morgan fingerprint density at radius 2 is 2.00 bits per heavy atom. The molecule has 10 heavy (non-hydrogen) atoms. The average Bonchev–Trinajstić information content (AvgIpc) is 2.34. The highest BCUT2D eigenvalue weighted by Crippen LogP contribution is 2.21. The fraction of sp³-hybridized carbons (Fsp3) is 0. The Morgan fingerprint density at radius 3 is 2.80 bits per heavy atom. The van der Waals surface area contributed by atoms with E-state index in [9.17, 15) is 0 Å². The van der Waals surface area contributed by atoms with Gasteiger partial charge in [-0.05, 0) is 15.9 Å². The molecule has 0 aliphatic rings. The molecule has 0 fully saturated rings. The summed E-state index contributed by atoms with van der Waals surface area (Å²) in [6.45, 7) is 0. The fourth-order valence-electron chi connectivity index (χ4n) is 1.04. The van der Waals surface area contributed by atoms with Crippen molar-refractivity contribution in [2.75, 3.05) is 0 Å². The summed E-state index contributed by atoms with van der Waals surface area (Å²) in [5.74, 6) is 0. The molecule has 1 N–H and O–H groups in total. The summed E-state index contributed by atoms with van der Waals surface area (Å²) in [5.41, 5.74) is 0. The zero-order valence-corrected chi connectivity index (χ0v) is 6.85. The number of aromatic amines is 1. The average molecular weight is 196 g/mol. The highest BCUT2D eigenvalue weighted by Gasteiger charge is 1.95. The first-order valence-corrected chi connectivity index (χ1v) is 3.89. The Hall–Kier alpha value is -0.760. The Labute approximate surface area is 67.2 Å². The molecule has 2 aromatic rings. The molecule has 1 heterocycles. The molecule has 1 nitrogen and oxygen atoms in total. The molecule has 0 saturated heterocycles. The summed E-state index contributed by atoms with van der Waals surface area (Å²) in [4.78, 5) is 3.09. The highest BCUT2D eigenvalue weighted by atomic mass is 79.9. The Kier molecular flexibility index (Phi) is 1.27. The lowest BCUT2D eigenvalue weighted by molar-refractivity contribution is 1.38. The van der Waals surface area contributed by atoms with Gasteiger partial charge in [-0.3, -0.25) is 0 Å². The predicted molar refractivity (Wildman–Crippen MR) is 46.0 cm³/mol. The SMILES string of the molecule is Brc1[nH]cc2ccccc12. The van der Waals surface area contributed by atoms with Crippen LogP contribution in [0, 0.1) is 0 Å². The first-order valence-electron chi connectivity index (χ1n) is 3.09. The molecule has 0 saturated carbocycles. The van der Waals surface area contributed by atoms with E-state index in [0.29, 0.717) is 0 Å². The van der Waals surface area contributed by atoms with Crippen LogP contribution in [0.4, 0.5) is 0 Å². The second-order valence-electron chi connectivity index (χ2n) is 2.19. The van der Waals surface area contributed by atoms with Gasteiger partial charge in [0, 0.05) is 17.0 Å². The number of halogens is 1. The smallest absolute Gasteiger partial charge is 0.0899 e. The number of rotatable bonds is 0. The summed E-state index contributed by atoms with van der Waals surface area (Å²) in [6, 6.07) is 8.22. The second-order valence-corrected chi connectivity index (χ2v) is 2.98. The van der Waals surface area contributed by atoms with Gasteiger partial charge in [0.05, 0.1) is 4.60 Å². The van der Waals surface area contributed by atoms with Gasteiger partial charge in [-0.2, -0.15) is 0 Å². The number of H-pyrrole nitrogens is 1. The molecule has 1 aromatic heterocycles. The van der Waals surface area contributed by atoms with Gasteiger partial charge in [0.2, 0.25) is 0 Å². The van der Waals surface area contributed by atoms with E-state index in [1.54, 1.807) is 0 Å². The minimum absolute atomic E-state index is 1.06. The van der Waals surface area contributed by atoms with Crippen LogP contribution in [-0.4, -0.2) is 4.98 Å². The van der Waals surface area contributed by atoms with E-state index < -0.39 is 0 Å². The lowest BCUT2D eigenvalue weighted by Crippen LogP contribution is -1.61. The maximum atomic E-state index is 3.41. The van der Waals surface area contributed by atoms with Gasteiger partial charge in [-0.1, -0.05) is 24.3 Å². The highest BCUT2D eigenvalue weighted by molar-refractivity contribution is 9.10. The number of hydrogen-bond acceptors (Lipinski definition) is 0. The molecule has 0 amide bonds. The normalized spacial score (nSPS) is 10.5. The van der Waals surface area contributed by atoms with Crippen LogP contribution < -0.4 is 0 Å². The van der Waals surface area contributed by atoms with E-state index in [0.717, 1.165) is 4.60 Å². The van der Waals surface area contributed by atoms with Gasteiger partial charge in [-0.25, -0.2) is 0 Å². The number of aromatic nitrogens is 1. The molecular weight excluding hydrogens is 190 g/mol. The van der Waals surface area contributed by atoms with Gasteiger partial charge in [0.15, 0.2) is 0 Å². The molecule has 2 rings (SSSR count). The first kappa shape index (κ1) is 5.98. The van der Waals surface area contributed by atoms with Crippen LogP contribution in [0.5, 0.6) is 0 Å². The zero-order valence-electron chi connectivity index (χ0n) is 5.26. The molecule has 0 aliphatic carbocycles. The van der Waals surface area contributed by atoms with Crippen molar-refractivity contribution in [2.24, 2.45) is 0 Å². The Morgan fingerprint density at radius 1 is 1.20 bits per heavy atom. The van der Waals surface area contributed by atoms with E-state index in [-0.39, 0.29) is 0 Å². The minimum Gasteiger partial charge on any atom is -0.355 e. The second kappa shape index (κ2) is 2.13. The van der Waals surface area contributed by atoms with E-state index in [2.05, 4.69) is 33.0 Å². The summed E-state index contributed by atoms with van der Waals surface area (Å²) in [6.07, 6.45) is 1.99. The van der Waals surface area contributed by atoms with E-state index >= 15 is 0 Å². The molecule has 2 heteroatoms. The molecule has 50 valence electrons. The van der Waals surface area contributed by atoms with Crippen molar-refractivity contribution in [3.63, 3.8) is 0 Å². The third-order valence-corrected chi connectivity index (χ3v) is 2.21. The topological polar surface area (TPSA) is 15.8 Å². The minimum atomic E-state index is 1.06. The lowest BCUT2D eigenvalue weighted by Gasteiger charge is -1.85. The van der Waals surface area contributed by atoms with Crippen molar-refractivity contribution < 1.29 is 0 Å². The van der Waals surface area contributed by atoms with Crippen molar-refractivity contribution >= 4 is 26.7 Å². The van der Waals surface area contributed by atoms with Crippen molar-refractivity contribution in [2.45, 2.75) is 0 Å². The Bertz CT molecular complexity index is 351. The van der Waals surface area contributed by atoms with Gasteiger partial charge in [0.25, 0.3) is 0 Å². The van der Waals surface area contributed by atoms with Crippen molar-refractivity contribution in [3.8, 4) is 0 Å². The summed E-state index contributed by atoms with van der Waals surface area (Å²) in [7, 11) is 0. The number of fused-ring (bicyclic) bond motifs is 1. The quantitative estimate of drug-likeness (QED) is 0.666. The van der Waals surface area contributed by atoms with Crippen LogP contribution in [0.3, 0.4) is 0 Å². The molecule has 0 unspecified atom stereocenters. The van der Waals surface area contributed by atoms with Crippen LogP contribution in [0.25, 0.3) is 10.8 Å². The first-order chi connectivity index (χ1) is 4.88. The summed E-state index contributed by atoms with van der Waals surface area (Å²) >= 11 is 3.41. The number of nitrogens with one attached hydrogen (secondary N) is 1. The molecule has 0 aliphatic heterocycles. The van der Waals surface area contributed by atoms with Crippen molar-refractivity contribution in [3.05, 3.63) is 35.1 Å². The third kappa shape index (κ3) is 0.762. The van der Waals surface area contributed by atoms with Gasteiger partial charge in [0.1, 0.15) is 0 Å². The molecule has 0 bridgehead atoms. The van der Waals surface area contributed by atoms with E-state index in [1.807, 2.05) is 18.3 Å². The van der Waals surface area contributed by atoms with Crippen LogP contribution >= 0.6 is 15.9 Å². The van der Waals surface area contributed by atoms with Crippen LogP contribution in [0.1, 0.15) is 0 Å². The van der Waals surface area contributed by atoms with Crippen molar-refractivity contribution in [1.82, 2.24) is 4.98 Å².